The number of rotatable bonds is 7. The van der Waals surface area contributed by atoms with Crippen molar-refractivity contribution in [3.63, 3.8) is 0 Å². The molecule has 1 aromatic heterocycles. The van der Waals surface area contributed by atoms with Crippen molar-refractivity contribution in [3.05, 3.63) is 24.8 Å². The lowest BCUT2D eigenvalue weighted by Gasteiger charge is -2.09. The molecular formula is C12H23IN6. The summed E-state index contributed by atoms with van der Waals surface area (Å²) in [5, 5.41) is 14.3. The Bertz CT molecular complexity index is 387. The first kappa shape index (κ1) is 17.9. The Hall–Kier alpha value is -1.12. The molecule has 0 fully saturated rings. The minimum atomic E-state index is 0. The van der Waals surface area contributed by atoms with Gasteiger partial charge in [0.1, 0.15) is 12.2 Å². The zero-order valence-electron chi connectivity index (χ0n) is 11.6. The van der Waals surface area contributed by atoms with Gasteiger partial charge in [-0.1, -0.05) is 13.0 Å². The van der Waals surface area contributed by atoms with Gasteiger partial charge in [0, 0.05) is 26.1 Å². The summed E-state index contributed by atoms with van der Waals surface area (Å²) in [4.78, 5) is 4.47. The number of aliphatic imine (C=N–C) groups is 1. The molecule has 7 heteroatoms. The van der Waals surface area contributed by atoms with Gasteiger partial charge in [-0.15, -0.1) is 40.8 Å². The van der Waals surface area contributed by atoms with E-state index < -0.39 is 0 Å². The van der Waals surface area contributed by atoms with Crippen molar-refractivity contribution in [3.8, 4) is 0 Å². The van der Waals surface area contributed by atoms with Gasteiger partial charge in [-0.05, 0) is 6.92 Å². The molecule has 2 N–H and O–H groups in total. The molecule has 1 aromatic rings. The highest BCUT2D eigenvalue weighted by Crippen LogP contribution is 1.95. The number of hydrogen-bond donors (Lipinski definition) is 2. The van der Waals surface area contributed by atoms with E-state index in [1.54, 1.807) is 6.33 Å². The lowest BCUT2D eigenvalue weighted by atomic mass is 10.4. The average molecular weight is 378 g/mol. The Morgan fingerprint density at radius 3 is 2.89 bits per heavy atom. The first-order valence-electron chi connectivity index (χ1n) is 6.31. The summed E-state index contributed by atoms with van der Waals surface area (Å²) in [7, 11) is 0. The quantitative estimate of drug-likeness (QED) is 0.324. The van der Waals surface area contributed by atoms with Crippen molar-refractivity contribution >= 4 is 29.9 Å². The Kier molecular flexibility index (Phi) is 10.1. The largest absolute Gasteiger partial charge is 0.357 e. The number of nitrogens with one attached hydrogen (secondary N) is 2. The molecule has 0 radical (unpaired) electrons. The average Bonchev–Trinajstić information content (AvgIpc) is 2.83. The van der Waals surface area contributed by atoms with Crippen LogP contribution in [0.3, 0.4) is 0 Å². The van der Waals surface area contributed by atoms with Crippen LogP contribution in [0.1, 0.15) is 19.7 Å². The molecule has 1 heterocycles. The molecule has 0 saturated carbocycles. The highest BCUT2D eigenvalue weighted by molar-refractivity contribution is 14.0. The predicted molar refractivity (Wildman–Crippen MR) is 89.0 cm³/mol. The molecular weight excluding hydrogens is 355 g/mol. The van der Waals surface area contributed by atoms with Crippen LogP contribution in [0.2, 0.25) is 0 Å². The molecule has 0 aliphatic rings. The van der Waals surface area contributed by atoms with Gasteiger partial charge in [0.2, 0.25) is 0 Å². The molecule has 0 atom stereocenters. The zero-order chi connectivity index (χ0) is 13.2. The number of guanidine groups is 1. The second-order valence-electron chi connectivity index (χ2n) is 3.72. The Balaban J connectivity index is 0.00000324. The third kappa shape index (κ3) is 6.55. The monoisotopic (exact) mass is 378 g/mol. The van der Waals surface area contributed by atoms with E-state index in [9.17, 15) is 0 Å². The SMILES string of the molecule is C=CCNC(=NCCn1cnnc1CC)NCC.I. The Labute approximate surface area is 131 Å². The van der Waals surface area contributed by atoms with E-state index in [4.69, 9.17) is 0 Å². The summed E-state index contributed by atoms with van der Waals surface area (Å²) in [5.74, 6) is 1.80. The van der Waals surface area contributed by atoms with Crippen molar-refractivity contribution in [1.82, 2.24) is 25.4 Å². The number of hydrogen-bond acceptors (Lipinski definition) is 3. The molecule has 6 nitrogen and oxygen atoms in total. The maximum atomic E-state index is 4.47. The highest BCUT2D eigenvalue weighted by atomic mass is 127. The van der Waals surface area contributed by atoms with E-state index >= 15 is 0 Å². The second kappa shape index (κ2) is 10.8. The molecule has 0 aromatic carbocycles. The molecule has 0 spiro atoms. The summed E-state index contributed by atoms with van der Waals surface area (Å²) in [6.07, 6.45) is 4.44. The normalized spacial score (nSPS) is 10.7. The van der Waals surface area contributed by atoms with E-state index in [0.717, 1.165) is 31.3 Å². The van der Waals surface area contributed by atoms with Gasteiger partial charge in [0.25, 0.3) is 0 Å². The van der Waals surface area contributed by atoms with Crippen LogP contribution < -0.4 is 10.6 Å². The summed E-state index contributed by atoms with van der Waals surface area (Å²) in [5.41, 5.74) is 0. The van der Waals surface area contributed by atoms with Crippen LogP contribution in [0.4, 0.5) is 0 Å². The molecule has 0 amide bonds. The van der Waals surface area contributed by atoms with E-state index in [0.29, 0.717) is 13.1 Å². The van der Waals surface area contributed by atoms with Gasteiger partial charge >= 0.3 is 0 Å². The van der Waals surface area contributed by atoms with Crippen molar-refractivity contribution < 1.29 is 0 Å². The van der Waals surface area contributed by atoms with Gasteiger partial charge in [-0.25, -0.2) is 0 Å². The fourth-order valence-electron chi connectivity index (χ4n) is 1.52. The van der Waals surface area contributed by atoms with Gasteiger partial charge in [0.15, 0.2) is 5.96 Å². The van der Waals surface area contributed by atoms with Crippen LogP contribution in [0, 0.1) is 0 Å². The predicted octanol–water partition coefficient (Wildman–Crippen LogP) is 1.20. The topological polar surface area (TPSA) is 67.1 Å². The first-order valence-corrected chi connectivity index (χ1v) is 6.31. The van der Waals surface area contributed by atoms with Gasteiger partial charge in [-0.3, -0.25) is 4.99 Å². The van der Waals surface area contributed by atoms with E-state index in [2.05, 4.69) is 39.3 Å². The fourth-order valence-corrected chi connectivity index (χ4v) is 1.52. The van der Waals surface area contributed by atoms with Gasteiger partial charge in [-0.2, -0.15) is 0 Å². The Morgan fingerprint density at radius 1 is 1.47 bits per heavy atom. The van der Waals surface area contributed by atoms with Crippen LogP contribution in [0.5, 0.6) is 0 Å². The fraction of sp³-hybridized carbons (Fsp3) is 0.583. The van der Waals surface area contributed by atoms with Crippen molar-refractivity contribution in [2.75, 3.05) is 19.6 Å². The van der Waals surface area contributed by atoms with E-state index in [-0.39, 0.29) is 24.0 Å². The first-order chi connectivity index (χ1) is 8.81. The van der Waals surface area contributed by atoms with Crippen LogP contribution in [0.15, 0.2) is 24.0 Å². The Morgan fingerprint density at radius 2 is 2.26 bits per heavy atom. The van der Waals surface area contributed by atoms with Crippen LogP contribution in [-0.4, -0.2) is 40.4 Å². The van der Waals surface area contributed by atoms with Crippen LogP contribution in [0.25, 0.3) is 0 Å². The lowest BCUT2D eigenvalue weighted by Crippen LogP contribution is -2.37. The molecule has 0 unspecified atom stereocenters. The molecule has 0 aliphatic heterocycles. The molecule has 0 bridgehead atoms. The smallest absolute Gasteiger partial charge is 0.191 e. The maximum absolute atomic E-state index is 4.47. The summed E-state index contributed by atoms with van der Waals surface area (Å²) in [6.45, 7) is 10.8. The third-order valence-electron chi connectivity index (χ3n) is 2.38. The van der Waals surface area contributed by atoms with Crippen molar-refractivity contribution in [2.45, 2.75) is 26.8 Å². The van der Waals surface area contributed by atoms with Crippen molar-refractivity contribution in [2.24, 2.45) is 4.99 Å². The minimum absolute atomic E-state index is 0. The number of nitrogens with zero attached hydrogens (tertiary/aromatic N) is 4. The number of aromatic nitrogens is 3. The summed E-state index contributed by atoms with van der Waals surface area (Å²) >= 11 is 0. The standard InChI is InChI=1S/C12H22N6.HI/c1-4-7-14-12(13-6-3)15-8-9-18-10-16-17-11(18)5-2;/h4,10H,1,5-9H2,2-3H3,(H2,13,14,15);1H. The molecule has 0 aliphatic carbocycles. The maximum Gasteiger partial charge on any atom is 0.191 e. The van der Waals surface area contributed by atoms with Gasteiger partial charge in [0.05, 0.1) is 6.54 Å². The molecule has 19 heavy (non-hydrogen) atoms. The van der Waals surface area contributed by atoms with Crippen LogP contribution >= 0.6 is 24.0 Å². The summed E-state index contributed by atoms with van der Waals surface area (Å²) < 4.78 is 2.03. The molecule has 1 rings (SSSR count). The van der Waals surface area contributed by atoms with E-state index in [1.165, 1.54) is 0 Å². The second-order valence-corrected chi connectivity index (χ2v) is 3.72. The number of aryl methyl sites for hydroxylation is 1. The highest BCUT2D eigenvalue weighted by Gasteiger charge is 2.00. The van der Waals surface area contributed by atoms with Crippen molar-refractivity contribution in [1.29, 1.82) is 0 Å². The number of halogens is 1. The minimum Gasteiger partial charge on any atom is -0.357 e. The zero-order valence-corrected chi connectivity index (χ0v) is 13.9. The lowest BCUT2D eigenvalue weighted by molar-refractivity contribution is 0.662. The molecule has 0 saturated heterocycles. The molecule has 108 valence electrons. The van der Waals surface area contributed by atoms with E-state index in [1.807, 2.05) is 17.6 Å². The summed E-state index contributed by atoms with van der Waals surface area (Å²) in [6, 6.07) is 0. The third-order valence-corrected chi connectivity index (χ3v) is 2.38. The van der Waals surface area contributed by atoms with Crippen LogP contribution in [-0.2, 0) is 13.0 Å². The van der Waals surface area contributed by atoms with Gasteiger partial charge < -0.3 is 15.2 Å².